The number of rotatable bonds is 5. The third-order valence-electron chi connectivity index (χ3n) is 5.54. The molecule has 0 aromatic heterocycles. The Bertz CT molecular complexity index is 982. The number of benzene rings is 1. The van der Waals surface area contributed by atoms with Crippen LogP contribution in [0.5, 0.6) is 5.75 Å². The van der Waals surface area contributed by atoms with Crippen LogP contribution in [0.3, 0.4) is 0 Å². The van der Waals surface area contributed by atoms with E-state index in [2.05, 4.69) is 5.32 Å². The van der Waals surface area contributed by atoms with Gasteiger partial charge in [-0.1, -0.05) is 12.8 Å². The van der Waals surface area contributed by atoms with E-state index in [0.29, 0.717) is 19.5 Å². The van der Waals surface area contributed by atoms with Crippen LogP contribution < -0.4 is 10.1 Å². The predicted octanol–water partition coefficient (Wildman–Crippen LogP) is 1.57. The second-order valence-electron chi connectivity index (χ2n) is 8.04. The van der Waals surface area contributed by atoms with E-state index in [1.807, 2.05) is 0 Å². The number of ether oxygens (including phenoxy) is 1. The van der Waals surface area contributed by atoms with Crippen molar-refractivity contribution in [3.8, 4) is 5.75 Å². The van der Waals surface area contributed by atoms with Crippen LogP contribution in [0.25, 0.3) is 0 Å². The lowest BCUT2D eigenvalue weighted by Gasteiger charge is -2.25. The molecule has 0 spiro atoms. The Balaban J connectivity index is 1.90. The molecule has 0 bridgehead atoms. The van der Waals surface area contributed by atoms with Crippen LogP contribution in [0.2, 0.25) is 0 Å². The first-order chi connectivity index (χ1) is 13.6. The second-order valence-corrected chi connectivity index (χ2v) is 12.2. The van der Waals surface area contributed by atoms with Crippen molar-refractivity contribution in [2.75, 3.05) is 31.7 Å². The standard InChI is InChI=1S/C19H28N2O6S2/c1-19(9-12-28(23,24)14-19)20-18(22)16-13-15(7-8-17(16)27-2)29(25,26)21-10-5-3-4-6-11-21/h7-8,13H,3-6,9-12,14H2,1-2H3,(H,20,22)/t19-/m1/s1. The van der Waals surface area contributed by atoms with Crippen molar-refractivity contribution in [2.24, 2.45) is 0 Å². The molecule has 8 nitrogen and oxygen atoms in total. The van der Waals surface area contributed by atoms with Gasteiger partial charge in [0.2, 0.25) is 10.0 Å². The van der Waals surface area contributed by atoms with Crippen LogP contribution in [-0.2, 0) is 19.9 Å². The van der Waals surface area contributed by atoms with Gasteiger partial charge in [0, 0.05) is 13.1 Å². The SMILES string of the molecule is COc1ccc(S(=O)(=O)N2CCCCCC2)cc1C(=O)N[C@]1(C)CCS(=O)(=O)C1. The molecule has 0 radical (unpaired) electrons. The number of carbonyl (C=O) groups is 1. The monoisotopic (exact) mass is 444 g/mol. The number of amides is 1. The van der Waals surface area contributed by atoms with Gasteiger partial charge in [0.25, 0.3) is 5.91 Å². The minimum atomic E-state index is -3.73. The normalized spacial score (nSPS) is 25.3. The molecule has 2 aliphatic heterocycles. The zero-order valence-electron chi connectivity index (χ0n) is 16.8. The quantitative estimate of drug-likeness (QED) is 0.738. The number of hydrogen-bond donors (Lipinski definition) is 1. The molecule has 10 heteroatoms. The molecule has 3 rings (SSSR count). The molecule has 1 N–H and O–H groups in total. The fourth-order valence-electron chi connectivity index (χ4n) is 3.91. The van der Waals surface area contributed by atoms with E-state index < -0.39 is 31.3 Å². The molecule has 1 aromatic carbocycles. The molecular weight excluding hydrogens is 416 g/mol. The van der Waals surface area contributed by atoms with Gasteiger partial charge in [-0.15, -0.1) is 0 Å². The molecule has 1 amide bonds. The molecule has 1 atom stereocenters. The zero-order valence-corrected chi connectivity index (χ0v) is 18.4. The van der Waals surface area contributed by atoms with Crippen molar-refractivity contribution in [3.05, 3.63) is 23.8 Å². The summed E-state index contributed by atoms with van der Waals surface area (Å²) in [6.45, 7) is 2.61. The van der Waals surface area contributed by atoms with Gasteiger partial charge in [0.1, 0.15) is 5.75 Å². The average molecular weight is 445 g/mol. The van der Waals surface area contributed by atoms with Gasteiger partial charge in [-0.25, -0.2) is 16.8 Å². The van der Waals surface area contributed by atoms with Crippen molar-refractivity contribution in [1.82, 2.24) is 9.62 Å². The Morgan fingerprint density at radius 3 is 2.38 bits per heavy atom. The maximum absolute atomic E-state index is 13.1. The summed E-state index contributed by atoms with van der Waals surface area (Å²) in [5.74, 6) is -0.430. The molecule has 1 aromatic rings. The minimum Gasteiger partial charge on any atom is -0.496 e. The summed E-state index contributed by atoms with van der Waals surface area (Å²) >= 11 is 0. The second kappa shape index (κ2) is 8.23. The highest BCUT2D eigenvalue weighted by Crippen LogP contribution is 2.28. The Hall–Kier alpha value is -1.65. The summed E-state index contributed by atoms with van der Waals surface area (Å²) in [4.78, 5) is 12.9. The third-order valence-corrected chi connectivity index (χ3v) is 9.33. The fourth-order valence-corrected chi connectivity index (χ4v) is 7.54. The van der Waals surface area contributed by atoms with Crippen molar-refractivity contribution in [1.29, 1.82) is 0 Å². The summed E-state index contributed by atoms with van der Waals surface area (Å²) in [7, 11) is -5.52. The first-order valence-corrected chi connectivity index (χ1v) is 13.0. The van der Waals surface area contributed by atoms with E-state index >= 15 is 0 Å². The molecule has 2 heterocycles. The first kappa shape index (κ1) is 22.0. The number of sulfone groups is 1. The van der Waals surface area contributed by atoms with E-state index in [-0.39, 0.29) is 27.7 Å². The van der Waals surface area contributed by atoms with Crippen LogP contribution in [0.1, 0.15) is 49.4 Å². The van der Waals surface area contributed by atoms with Gasteiger partial charge in [0.05, 0.1) is 34.6 Å². The number of sulfonamides is 1. The van der Waals surface area contributed by atoms with E-state index in [1.54, 1.807) is 6.92 Å². The van der Waals surface area contributed by atoms with Gasteiger partial charge < -0.3 is 10.1 Å². The molecule has 0 saturated carbocycles. The van der Waals surface area contributed by atoms with Crippen LogP contribution in [-0.4, -0.2) is 64.3 Å². The highest BCUT2D eigenvalue weighted by atomic mass is 32.2. The molecular formula is C19H28N2O6S2. The summed E-state index contributed by atoms with van der Waals surface area (Å²) in [6, 6.07) is 4.23. The zero-order chi connectivity index (χ0) is 21.3. The van der Waals surface area contributed by atoms with Crippen LogP contribution >= 0.6 is 0 Å². The van der Waals surface area contributed by atoms with Crippen LogP contribution in [0, 0.1) is 0 Å². The Labute approximate surface area is 172 Å². The number of nitrogens with one attached hydrogen (secondary N) is 1. The Kier molecular flexibility index (Phi) is 6.26. The number of methoxy groups -OCH3 is 1. The third kappa shape index (κ3) is 4.92. The van der Waals surface area contributed by atoms with E-state index in [9.17, 15) is 21.6 Å². The average Bonchev–Trinajstić information content (AvgIpc) is 2.85. The minimum absolute atomic E-state index is 0.0181. The highest BCUT2D eigenvalue weighted by molar-refractivity contribution is 7.91. The summed E-state index contributed by atoms with van der Waals surface area (Å²) < 4.78 is 56.5. The maximum atomic E-state index is 13.1. The lowest BCUT2D eigenvalue weighted by molar-refractivity contribution is 0.0912. The first-order valence-electron chi connectivity index (χ1n) is 9.77. The van der Waals surface area contributed by atoms with Crippen molar-refractivity contribution in [2.45, 2.75) is 49.5 Å². The topological polar surface area (TPSA) is 110 Å². The number of nitrogens with zero attached hydrogens (tertiary/aromatic N) is 1. The molecule has 0 aliphatic carbocycles. The Morgan fingerprint density at radius 1 is 1.17 bits per heavy atom. The van der Waals surface area contributed by atoms with E-state index in [0.717, 1.165) is 25.7 Å². The van der Waals surface area contributed by atoms with Gasteiger partial charge in [0.15, 0.2) is 9.84 Å². The lowest BCUT2D eigenvalue weighted by atomic mass is 10.0. The Morgan fingerprint density at radius 2 is 1.83 bits per heavy atom. The van der Waals surface area contributed by atoms with Gasteiger partial charge in [-0.05, 0) is 44.4 Å². The molecule has 2 saturated heterocycles. The van der Waals surface area contributed by atoms with Gasteiger partial charge >= 0.3 is 0 Å². The van der Waals surface area contributed by atoms with Crippen LogP contribution in [0.15, 0.2) is 23.1 Å². The van der Waals surface area contributed by atoms with Gasteiger partial charge in [-0.2, -0.15) is 4.31 Å². The smallest absolute Gasteiger partial charge is 0.255 e. The molecule has 162 valence electrons. The molecule has 2 aliphatic rings. The molecule has 29 heavy (non-hydrogen) atoms. The number of carbonyl (C=O) groups excluding carboxylic acids is 1. The van der Waals surface area contributed by atoms with Crippen molar-refractivity contribution < 1.29 is 26.4 Å². The highest BCUT2D eigenvalue weighted by Gasteiger charge is 2.40. The van der Waals surface area contributed by atoms with Crippen molar-refractivity contribution >= 4 is 25.8 Å². The fraction of sp³-hybridized carbons (Fsp3) is 0.632. The largest absolute Gasteiger partial charge is 0.496 e. The van der Waals surface area contributed by atoms with Gasteiger partial charge in [-0.3, -0.25) is 4.79 Å². The van der Waals surface area contributed by atoms with E-state index in [1.165, 1.54) is 29.6 Å². The van der Waals surface area contributed by atoms with Crippen molar-refractivity contribution in [3.63, 3.8) is 0 Å². The predicted molar refractivity (Wildman–Crippen MR) is 109 cm³/mol. The summed E-state index contributed by atoms with van der Waals surface area (Å²) in [6.07, 6.45) is 3.95. The summed E-state index contributed by atoms with van der Waals surface area (Å²) in [5, 5.41) is 2.76. The van der Waals surface area contributed by atoms with Crippen LogP contribution in [0.4, 0.5) is 0 Å². The maximum Gasteiger partial charge on any atom is 0.255 e. The van der Waals surface area contributed by atoms with E-state index in [4.69, 9.17) is 4.74 Å². The lowest BCUT2D eigenvalue weighted by Crippen LogP contribution is -2.47. The molecule has 2 fully saturated rings. The summed E-state index contributed by atoms with van der Waals surface area (Å²) in [5.41, 5.74) is -0.811. The molecule has 0 unspecified atom stereocenters. The number of hydrogen-bond acceptors (Lipinski definition) is 6.